The van der Waals surface area contributed by atoms with Crippen LogP contribution in [-0.4, -0.2) is 79.8 Å². The number of carbonyl (C=O) groups excluding carboxylic acids is 4. The Balaban J connectivity index is 2.39. The summed E-state index contributed by atoms with van der Waals surface area (Å²) in [5.41, 5.74) is 0. The van der Waals surface area contributed by atoms with Crippen molar-refractivity contribution in [3.8, 4) is 0 Å². The van der Waals surface area contributed by atoms with Crippen molar-refractivity contribution in [2.24, 2.45) is 5.92 Å². The maximum atomic E-state index is 12.5. The van der Waals surface area contributed by atoms with Crippen LogP contribution in [-0.2, 0) is 47.7 Å². The highest BCUT2D eigenvalue weighted by atomic mass is 16.8. The van der Waals surface area contributed by atoms with Crippen molar-refractivity contribution in [2.75, 3.05) is 20.3 Å². The smallest absolute Gasteiger partial charge is 0.326 e. The van der Waals surface area contributed by atoms with Crippen molar-refractivity contribution in [3.63, 3.8) is 0 Å². The number of likely N-dealkylation sites (N-methyl/N-ethyl adjacent to an activating group) is 1. The van der Waals surface area contributed by atoms with Crippen molar-refractivity contribution >= 4 is 23.9 Å². The van der Waals surface area contributed by atoms with E-state index in [0.29, 0.717) is 0 Å². The predicted octanol–water partition coefficient (Wildman–Crippen LogP) is -0.437. The van der Waals surface area contributed by atoms with E-state index in [1.807, 2.05) is 0 Å². The summed E-state index contributed by atoms with van der Waals surface area (Å²) >= 11 is 0. The van der Waals surface area contributed by atoms with Gasteiger partial charge in [0.25, 0.3) is 0 Å². The molecule has 0 aromatic heterocycles. The third-order valence-electron chi connectivity index (χ3n) is 4.30. The maximum Gasteiger partial charge on any atom is 0.326 e. The summed E-state index contributed by atoms with van der Waals surface area (Å²) in [5, 5.41) is 1.25. The number of hydrogen-bond acceptors (Lipinski definition) is 11. The van der Waals surface area contributed by atoms with Gasteiger partial charge in [0, 0.05) is 27.8 Å². The van der Waals surface area contributed by atoms with E-state index in [2.05, 4.69) is 0 Å². The minimum atomic E-state index is -1.12. The molecule has 0 aromatic carbocycles. The average Bonchev–Trinajstić information content (AvgIpc) is 2.90. The molecule has 2 fully saturated rings. The van der Waals surface area contributed by atoms with Crippen LogP contribution in [0.3, 0.4) is 0 Å². The van der Waals surface area contributed by atoms with Crippen molar-refractivity contribution in [3.05, 3.63) is 0 Å². The van der Waals surface area contributed by atoms with Crippen LogP contribution in [0.2, 0.25) is 0 Å². The number of fused-ring (bicyclic) bond motifs is 1. The fourth-order valence-corrected chi connectivity index (χ4v) is 3.36. The lowest BCUT2D eigenvalue weighted by Gasteiger charge is -2.42. The Bertz CT molecular complexity index is 623. The molecule has 0 N–H and O–H groups in total. The first-order chi connectivity index (χ1) is 13.1. The van der Waals surface area contributed by atoms with E-state index in [9.17, 15) is 19.2 Å². The Labute approximate surface area is 162 Å². The van der Waals surface area contributed by atoms with Gasteiger partial charge in [-0.15, -0.1) is 0 Å². The molecule has 11 heteroatoms. The molecule has 0 aliphatic carbocycles. The monoisotopic (exact) mass is 403 g/mol. The van der Waals surface area contributed by atoms with Gasteiger partial charge in [-0.1, -0.05) is 0 Å². The summed E-state index contributed by atoms with van der Waals surface area (Å²) in [6.07, 6.45) is -4.17. The minimum absolute atomic E-state index is 0.141. The van der Waals surface area contributed by atoms with E-state index in [4.69, 9.17) is 28.5 Å². The van der Waals surface area contributed by atoms with Crippen LogP contribution in [0.5, 0.6) is 0 Å². The number of nitrogens with zero attached hydrogens (tertiary/aromatic N) is 1. The molecule has 0 unspecified atom stereocenters. The molecule has 2 heterocycles. The largest absolute Gasteiger partial charge is 0.465 e. The topological polar surface area (TPSA) is 127 Å². The van der Waals surface area contributed by atoms with Gasteiger partial charge in [0.15, 0.2) is 18.5 Å². The molecule has 2 saturated heterocycles. The fraction of sp³-hybridized carbons (Fsp3) is 0.765. The van der Waals surface area contributed by atoms with Crippen molar-refractivity contribution in [1.29, 1.82) is 0 Å². The van der Waals surface area contributed by atoms with Crippen LogP contribution in [0.1, 0.15) is 27.7 Å². The molecule has 0 radical (unpaired) electrons. The number of hydrogen-bond donors (Lipinski definition) is 0. The summed E-state index contributed by atoms with van der Waals surface area (Å²) in [6.45, 7) is 5.12. The minimum Gasteiger partial charge on any atom is -0.465 e. The zero-order valence-electron chi connectivity index (χ0n) is 16.4. The lowest BCUT2D eigenvalue weighted by molar-refractivity contribution is -0.298. The van der Waals surface area contributed by atoms with Crippen LogP contribution in [0.15, 0.2) is 0 Å². The number of ether oxygens (including phenoxy) is 5. The number of rotatable bonds is 6. The number of esters is 4. The first kappa shape index (κ1) is 22.1. The third-order valence-corrected chi connectivity index (χ3v) is 4.30. The van der Waals surface area contributed by atoms with Gasteiger partial charge in [-0.05, 0) is 6.92 Å². The van der Waals surface area contributed by atoms with Crippen molar-refractivity contribution in [1.82, 2.24) is 5.06 Å². The van der Waals surface area contributed by atoms with Crippen LogP contribution < -0.4 is 0 Å². The molecule has 158 valence electrons. The second-order valence-corrected chi connectivity index (χ2v) is 6.42. The van der Waals surface area contributed by atoms with Gasteiger partial charge in [-0.25, -0.2) is 0 Å². The summed E-state index contributed by atoms with van der Waals surface area (Å²) in [4.78, 5) is 52.6. The lowest BCUT2D eigenvalue weighted by Crippen LogP contribution is -2.60. The molecule has 0 amide bonds. The summed E-state index contributed by atoms with van der Waals surface area (Å²) in [5.74, 6) is -3.29. The highest BCUT2D eigenvalue weighted by Crippen LogP contribution is 2.40. The van der Waals surface area contributed by atoms with Crippen molar-refractivity contribution < 1.29 is 47.7 Å². The zero-order valence-corrected chi connectivity index (χ0v) is 16.4. The summed E-state index contributed by atoms with van der Waals surface area (Å²) in [6, 6.07) is -0.956. The van der Waals surface area contributed by atoms with Crippen molar-refractivity contribution in [2.45, 2.75) is 58.3 Å². The Morgan fingerprint density at radius 3 is 2.07 bits per heavy atom. The molecular formula is C17H25NO10. The molecule has 0 aromatic rings. The van der Waals surface area contributed by atoms with E-state index < -0.39 is 60.4 Å². The second-order valence-electron chi connectivity index (χ2n) is 6.42. The highest BCUT2D eigenvalue weighted by molar-refractivity contribution is 5.77. The lowest BCUT2D eigenvalue weighted by atomic mass is 9.85. The molecule has 6 atom stereocenters. The number of hydroxylamine groups is 2. The molecular weight excluding hydrogens is 378 g/mol. The Morgan fingerprint density at radius 1 is 0.929 bits per heavy atom. The van der Waals surface area contributed by atoms with Gasteiger partial charge in [-0.2, -0.15) is 5.06 Å². The normalized spacial score (nSPS) is 32.2. The molecule has 2 aliphatic rings. The van der Waals surface area contributed by atoms with Gasteiger partial charge in [-0.3, -0.25) is 24.0 Å². The first-order valence-electron chi connectivity index (χ1n) is 8.85. The van der Waals surface area contributed by atoms with E-state index in [1.54, 1.807) is 6.92 Å². The summed E-state index contributed by atoms with van der Waals surface area (Å²) in [7, 11) is 1.51. The fourth-order valence-electron chi connectivity index (χ4n) is 3.36. The van der Waals surface area contributed by atoms with Crippen LogP contribution in [0.25, 0.3) is 0 Å². The van der Waals surface area contributed by atoms with Gasteiger partial charge in [0.05, 0.1) is 12.5 Å². The molecule has 0 spiro atoms. The SMILES string of the molecule is CCOC(=O)[C@H]1[C@@H]2[C@H](O[C@H](COC(C)=O)[C@@H](OC(C)=O)[C@@H]2OC(C)=O)ON1C. The van der Waals surface area contributed by atoms with Gasteiger partial charge < -0.3 is 23.7 Å². The third kappa shape index (κ3) is 4.97. The van der Waals surface area contributed by atoms with Gasteiger partial charge in [0.1, 0.15) is 18.8 Å². The molecule has 0 bridgehead atoms. The van der Waals surface area contributed by atoms with E-state index in [-0.39, 0.29) is 13.2 Å². The zero-order chi connectivity index (χ0) is 21.0. The molecule has 0 saturated carbocycles. The Morgan fingerprint density at radius 2 is 1.54 bits per heavy atom. The van der Waals surface area contributed by atoms with Crippen LogP contribution >= 0.6 is 0 Å². The Kier molecular flexibility index (Phi) is 7.33. The quantitative estimate of drug-likeness (QED) is 0.423. The molecule has 2 aliphatic heterocycles. The standard InChI is InChI=1S/C17H25NO10/c1-6-23-16(22)13-12-15(26-10(4)21)14(25-9(3)20)11(7-24-8(2)19)27-17(12)28-18(13)5/h11-15,17H,6-7H2,1-5H3/t11-,12+,13-,14-,15-,17-/m1/s1. The second kappa shape index (κ2) is 9.30. The molecule has 28 heavy (non-hydrogen) atoms. The highest BCUT2D eigenvalue weighted by Gasteiger charge is 2.60. The molecule has 11 nitrogen and oxygen atoms in total. The first-order valence-corrected chi connectivity index (χ1v) is 8.85. The molecule has 2 rings (SSSR count). The van der Waals surface area contributed by atoms with Crippen LogP contribution in [0, 0.1) is 5.92 Å². The van der Waals surface area contributed by atoms with E-state index in [1.165, 1.54) is 32.9 Å². The van der Waals surface area contributed by atoms with E-state index in [0.717, 1.165) is 0 Å². The predicted molar refractivity (Wildman–Crippen MR) is 89.2 cm³/mol. The number of carbonyl (C=O) groups is 4. The van der Waals surface area contributed by atoms with E-state index >= 15 is 0 Å². The van der Waals surface area contributed by atoms with Gasteiger partial charge in [0.2, 0.25) is 0 Å². The summed E-state index contributed by atoms with van der Waals surface area (Å²) < 4.78 is 26.6. The maximum absolute atomic E-state index is 12.5. The average molecular weight is 403 g/mol. The van der Waals surface area contributed by atoms with Crippen LogP contribution in [0.4, 0.5) is 0 Å². The van der Waals surface area contributed by atoms with Gasteiger partial charge >= 0.3 is 23.9 Å². The Hall–Kier alpha value is -2.24.